The zero-order valence-corrected chi connectivity index (χ0v) is 22.1. The van der Waals surface area contributed by atoms with E-state index < -0.39 is 0 Å². The number of carbonyl (C=O) groups excluding carboxylic acids is 1. The van der Waals surface area contributed by atoms with E-state index in [1.54, 1.807) is 29.5 Å². The molecule has 0 saturated carbocycles. The topological polar surface area (TPSA) is 43.8 Å². The van der Waals surface area contributed by atoms with Crippen LogP contribution in [0.4, 0.5) is 22.7 Å². The number of hydrogen-bond donors (Lipinski definition) is 1. The fourth-order valence-corrected chi connectivity index (χ4v) is 5.14. The van der Waals surface area contributed by atoms with Gasteiger partial charge in [-0.1, -0.05) is 48.5 Å². The Morgan fingerprint density at radius 2 is 1.29 bits per heavy atom. The Morgan fingerprint density at radius 3 is 1.87 bits per heavy atom. The molecule has 0 aliphatic heterocycles. The van der Waals surface area contributed by atoms with Crippen LogP contribution >= 0.6 is 11.3 Å². The van der Waals surface area contributed by atoms with Crippen molar-refractivity contribution in [1.29, 1.82) is 0 Å². The number of hydrogen-bond acceptors (Lipinski definition) is 5. The summed E-state index contributed by atoms with van der Waals surface area (Å²) in [7, 11) is 3.78. The average molecular weight is 517 g/mol. The summed E-state index contributed by atoms with van der Waals surface area (Å²) in [6.07, 6.45) is 3.32. The second-order valence-corrected chi connectivity index (χ2v) is 10.2. The van der Waals surface area contributed by atoms with E-state index in [2.05, 4.69) is 59.5 Å². The normalized spacial score (nSPS) is 11.0. The predicted molar refractivity (Wildman–Crippen MR) is 160 cm³/mol. The molecule has 0 unspecified atom stereocenters. The first-order valence-electron chi connectivity index (χ1n) is 12.3. The van der Waals surface area contributed by atoms with Gasteiger partial charge in [-0.15, -0.1) is 11.3 Å². The van der Waals surface area contributed by atoms with Gasteiger partial charge in [0.15, 0.2) is 5.78 Å². The molecule has 0 radical (unpaired) electrons. The van der Waals surface area contributed by atoms with Crippen molar-refractivity contribution >= 4 is 45.9 Å². The highest BCUT2D eigenvalue weighted by Crippen LogP contribution is 2.36. The van der Waals surface area contributed by atoms with Gasteiger partial charge in [0, 0.05) is 52.7 Å². The first-order valence-corrected chi connectivity index (χ1v) is 13.1. The maximum Gasteiger partial charge on any atom is 0.189 e. The molecule has 0 saturated heterocycles. The van der Waals surface area contributed by atoms with Gasteiger partial charge in [0.1, 0.15) is 5.75 Å². The zero-order valence-electron chi connectivity index (χ0n) is 21.3. The van der Waals surface area contributed by atoms with Crippen LogP contribution in [-0.2, 0) is 0 Å². The predicted octanol–water partition coefficient (Wildman–Crippen LogP) is 8.55. The van der Waals surface area contributed by atoms with Crippen LogP contribution < -0.4 is 9.80 Å². The molecule has 1 aromatic heterocycles. The molecular formula is C33H28N2O2S. The number of aromatic hydroxyl groups is 1. The number of phenols is 1. The van der Waals surface area contributed by atoms with Gasteiger partial charge in [0.2, 0.25) is 0 Å². The van der Waals surface area contributed by atoms with E-state index in [0.29, 0.717) is 5.56 Å². The summed E-state index contributed by atoms with van der Waals surface area (Å²) in [5.74, 6) is -0.244. The van der Waals surface area contributed by atoms with Crippen LogP contribution in [0.25, 0.3) is 16.5 Å². The highest BCUT2D eigenvalue weighted by atomic mass is 32.1. The molecule has 0 spiro atoms. The summed E-state index contributed by atoms with van der Waals surface area (Å²) in [6.45, 7) is 0. The van der Waals surface area contributed by atoms with Gasteiger partial charge in [-0.3, -0.25) is 4.79 Å². The van der Waals surface area contributed by atoms with Gasteiger partial charge >= 0.3 is 0 Å². The lowest BCUT2D eigenvalue weighted by Gasteiger charge is -2.25. The third kappa shape index (κ3) is 5.53. The number of anilines is 4. The van der Waals surface area contributed by atoms with Gasteiger partial charge in [0.05, 0.1) is 5.56 Å². The Morgan fingerprint density at radius 1 is 0.711 bits per heavy atom. The Kier molecular flexibility index (Phi) is 7.38. The van der Waals surface area contributed by atoms with Crippen molar-refractivity contribution in [3.63, 3.8) is 0 Å². The van der Waals surface area contributed by atoms with Gasteiger partial charge < -0.3 is 14.9 Å². The molecule has 0 fully saturated rings. The van der Waals surface area contributed by atoms with Gasteiger partial charge in [-0.05, 0) is 78.4 Å². The van der Waals surface area contributed by atoms with Gasteiger partial charge in [-0.2, -0.15) is 0 Å². The summed E-state index contributed by atoms with van der Waals surface area (Å²) in [4.78, 5) is 18.9. The largest absolute Gasteiger partial charge is 0.507 e. The number of ketones is 1. The summed E-state index contributed by atoms with van der Waals surface area (Å²) in [5.41, 5.74) is 5.52. The van der Waals surface area contributed by atoms with Crippen molar-refractivity contribution in [2.24, 2.45) is 0 Å². The van der Waals surface area contributed by atoms with Crippen LogP contribution in [0.1, 0.15) is 15.2 Å². The van der Waals surface area contributed by atoms with Crippen molar-refractivity contribution in [2.75, 3.05) is 23.9 Å². The molecule has 1 N–H and O–H groups in total. The highest BCUT2D eigenvalue weighted by molar-refractivity contribution is 7.16. The molecule has 0 aliphatic carbocycles. The maximum atomic E-state index is 12.7. The highest BCUT2D eigenvalue weighted by Gasteiger charge is 2.13. The molecule has 1 heterocycles. The van der Waals surface area contributed by atoms with E-state index in [-0.39, 0.29) is 11.5 Å². The molecule has 0 aliphatic rings. The molecule has 188 valence electrons. The van der Waals surface area contributed by atoms with E-state index in [1.807, 2.05) is 67.5 Å². The van der Waals surface area contributed by atoms with Crippen molar-refractivity contribution in [3.05, 3.63) is 132 Å². The van der Waals surface area contributed by atoms with E-state index in [9.17, 15) is 9.90 Å². The molecule has 0 bridgehead atoms. The molecular weight excluding hydrogens is 488 g/mol. The second-order valence-electron chi connectivity index (χ2n) is 9.05. The van der Waals surface area contributed by atoms with Crippen molar-refractivity contribution < 1.29 is 9.90 Å². The van der Waals surface area contributed by atoms with E-state index in [4.69, 9.17) is 0 Å². The molecule has 5 heteroatoms. The Labute approximate surface area is 227 Å². The maximum absolute atomic E-state index is 12.7. The minimum atomic E-state index is -0.228. The summed E-state index contributed by atoms with van der Waals surface area (Å²) < 4.78 is 0. The first-order chi connectivity index (χ1) is 18.5. The summed E-state index contributed by atoms with van der Waals surface area (Å²) >= 11 is 1.62. The van der Waals surface area contributed by atoms with E-state index >= 15 is 0 Å². The molecule has 4 aromatic carbocycles. The SMILES string of the molecule is CN(C)c1ccc(C(=O)/C=C/c2ccc(-c3ccc(N(c4ccccc4)c4ccccc4)cc3)s2)c(O)c1. The molecule has 4 nitrogen and oxygen atoms in total. The number of benzene rings is 4. The average Bonchev–Trinajstić information content (AvgIpc) is 3.42. The Bertz CT molecular complexity index is 1520. The summed E-state index contributed by atoms with van der Waals surface area (Å²) in [6, 6.07) is 38.3. The monoisotopic (exact) mass is 516 g/mol. The molecule has 38 heavy (non-hydrogen) atoms. The van der Waals surface area contributed by atoms with E-state index in [1.165, 1.54) is 6.08 Å². The number of rotatable bonds is 8. The van der Waals surface area contributed by atoms with Gasteiger partial charge in [-0.25, -0.2) is 0 Å². The zero-order chi connectivity index (χ0) is 26.5. The fourth-order valence-electron chi connectivity index (χ4n) is 4.23. The van der Waals surface area contributed by atoms with Crippen molar-refractivity contribution in [2.45, 2.75) is 0 Å². The first kappa shape index (κ1) is 25.1. The number of nitrogens with zero attached hydrogens (tertiary/aromatic N) is 2. The van der Waals surface area contributed by atoms with Crippen LogP contribution in [0, 0.1) is 0 Å². The third-order valence-corrected chi connectivity index (χ3v) is 7.33. The van der Waals surface area contributed by atoms with E-state index in [0.717, 1.165) is 38.1 Å². The fraction of sp³-hybridized carbons (Fsp3) is 0.0606. The third-order valence-electron chi connectivity index (χ3n) is 6.23. The number of carbonyl (C=O) groups is 1. The number of para-hydroxylation sites is 2. The van der Waals surface area contributed by atoms with Gasteiger partial charge in [0.25, 0.3) is 0 Å². The summed E-state index contributed by atoms with van der Waals surface area (Å²) in [5, 5.41) is 10.3. The van der Waals surface area contributed by atoms with Crippen LogP contribution in [-0.4, -0.2) is 25.0 Å². The van der Waals surface area contributed by atoms with Crippen LogP contribution in [0.15, 0.2) is 121 Å². The Hall–Kier alpha value is -4.61. The lowest BCUT2D eigenvalue weighted by atomic mass is 10.1. The Balaban J connectivity index is 1.34. The number of thiophene rings is 1. The number of phenolic OH excluding ortho intramolecular Hbond substituents is 1. The smallest absolute Gasteiger partial charge is 0.189 e. The molecule has 0 atom stereocenters. The lowest BCUT2D eigenvalue weighted by molar-refractivity contribution is 0.104. The second kappa shape index (κ2) is 11.2. The van der Waals surface area contributed by atoms with Crippen LogP contribution in [0.3, 0.4) is 0 Å². The molecule has 0 amide bonds. The minimum Gasteiger partial charge on any atom is -0.507 e. The van der Waals surface area contributed by atoms with Crippen LogP contribution in [0.5, 0.6) is 5.75 Å². The lowest BCUT2D eigenvalue weighted by Crippen LogP contribution is -2.09. The van der Waals surface area contributed by atoms with Crippen LogP contribution in [0.2, 0.25) is 0 Å². The molecule has 5 rings (SSSR count). The minimum absolute atomic E-state index is 0.0159. The molecule has 5 aromatic rings. The number of allylic oxidation sites excluding steroid dienone is 1. The quantitative estimate of drug-likeness (QED) is 0.166. The van der Waals surface area contributed by atoms with Crippen molar-refractivity contribution in [1.82, 2.24) is 0 Å². The van der Waals surface area contributed by atoms with Crippen molar-refractivity contribution in [3.8, 4) is 16.2 Å². The standard InChI is InChI=1S/C33H28N2O2S/c1-34(2)28-17-20-30(32(37)23-28)31(36)21-18-29-19-22-33(38-29)24-13-15-27(16-14-24)35(25-9-5-3-6-10-25)26-11-7-4-8-12-26/h3-23,37H,1-2H3/b21-18+.